The van der Waals surface area contributed by atoms with Crippen LogP contribution in [0, 0.1) is 11.8 Å². The van der Waals surface area contributed by atoms with E-state index in [2.05, 4.69) is 13.8 Å². The first-order valence-electron chi connectivity index (χ1n) is 6.06. The van der Waals surface area contributed by atoms with Crippen molar-refractivity contribution in [1.82, 2.24) is 4.90 Å². The Morgan fingerprint density at radius 2 is 1.50 bits per heavy atom. The highest BCUT2D eigenvalue weighted by Crippen LogP contribution is 2.40. The fraction of sp³-hybridized carbons (Fsp3) is 0.692. The molecule has 0 bridgehead atoms. The van der Waals surface area contributed by atoms with Gasteiger partial charge in [0.1, 0.15) is 0 Å². The molecule has 1 saturated heterocycles. The van der Waals surface area contributed by atoms with Crippen molar-refractivity contribution in [3.8, 4) is 0 Å². The van der Waals surface area contributed by atoms with E-state index >= 15 is 0 Å². The Bertz CT molecular complexity index is 338. The summed E-state index contributed by atoms with van der Waals surface area (Å²) in [4.78, 5) is 25.6. The van der Waals surface area contributed by atoms with Crippen LogP contribution in [-0.4, -0.2) is 23.3 Å². The molecular formula is C13H19NO2. The molecule has 3 heteroatoms. The van der Waals surface area contributed by atoms with Crippen LogP contribution in [0.2, 0.25) is 0 Å². The number of rotatable bonds is 2. The number of carbonyl (C=O) groups excluding carboxylic acids is 2. The second-order valence-corrected chi connectivity index (χ2v) is 5.01. The van der Waals surface area contributed by atoms with E-state index in [1.807, 2.05) is 6.92 Å². The Hall–Kier alpha value is -1.12. The summed E-state index contributed by atoms with van der Waals surface area (Å²) in [5.74, 6) is -0.0158. The van der Waals surface area contributed by atoms with Crippen molar-refractivity contribution < 1.29 is 9.59 Å². The van der Waals surface area contributed by atoms with Crippen molar-refractivity contribution >= 4 is 11.8 Å². The van der Waals surface area contributed by atoms with Gasteiger partial charge in [-0.1, -0.05) is 18.1 Å². The number of nitrogens with zero attached hydrogens (tertiary/aromatic N) is 1. The number of carbonyl (C=O) groups is 2. The van der Waals surface area contributed by atoms with Crippen molar-refractivity contribution in [1.29, 1.82) is 0 Å². The molecule has 2 rings (SSSR count). The number of hydrogen-bond donors (Lipinski definition) is 0. The van der Waals surface area contributed by atoms with Gasteiger partial charge in [-0.15, -0.1) is 0 Å². The molecule has 1 heterocycles. The Morgan fingerprint density at radius 1 is 1.06 bits per heavy atom. The number of likely N-dealkylation sites (tertiary alicyclic amines) is 1. The average molecular weight is 221 g/mol. The van der Waals surface area contributed by atoms with E-state index in [4.69, 9.17) is 0 Å². The van der Waals surface area contributed by atoms with Gasteiger partial charge in [0.05, 0.1) is 11.8 Å². The zero-order valence-corrected chi connectivity index (χ0v) is 10.2. The molecule has 2 amide bonds. The molecule has 2 aliphatic rings. The molecule has 0 N–H and O–H groups in total. The number of amides is 2. The van der Waals surface area contributed by atoms with E-state index in [1.165, 1.54) is 16.0 Å². The molecule has 1 aliphatic carbocycles. The first-order chi connectivity index (χ1) is 7.56. The fourth-order valence-electron chi connectivity index (χ4n) is 2.76. The Kier molecular flexibility index (Phi) is 2.87. The van der Waals surface area contributed by atoms with Crippen LogP contribution < -0.4 is 0 Å². The fourth-order valence-corrected chi connectivity index (χ4v) is 2.76. The van der Waals surface area contributed by atoms with Gasteiger partial charge in [0.15, 0.2) is 0 Å². The monoisotopic (exact) mass is 221 g/mol. The lowest BCUT2D eigenvalue weighted by Crippen LogP contribution is -2.31. The van der Waals surface area contributed by atoms with Gasteiger partial charge in [-0.05, 0) is 33.1 Å². The third-order valence-corrected chi connectivity index (χ3v) is 3.88. The van der Waals surface area contributed by atoms with Crippen LogP contribution in [0.1, 0.15) is 40.0 Å². The summed E-state index contributed by atoms with van der Waals surface area (Å²) >= 11 is 0. The molecule has 1 aliphatic heterocycles. The molecule has 0 saturated carbocycles. The maximum atomic E-state index is 12.1. The van der Waals surface area contributed by atoms with Gasteiger partial charge >= 0.3 is 0 Å². The average Bonchev–Trinajstić information content (AvgIpc) is 2.46. The van der Waals surface area contributed by atoms with Crippen molar-refractivity contribution in [2.24, 2.45) is 11.8 Å². The number of allylic oxidation sites excluding steroid dienone is 2. The molecule has 0 spiro atoms. The van der Waals surface area contributed by atoms with Gasteiger partial charge in [0.25, 0.3) is 0 Å². The van der Waals surface area contributed by atoms with E-state index in [0.717, 1.165) is 19.3 Å². The molecule has 2 atom stereocenters. The van der Waals surface area contributed by atoms with Crippen molar-refractivity contribution in [3.05, 3.63) is 11.1 Å². The Balaban J connectivity index is 2.24. The number of imide groups is 1. The summed E-state index contributed by atoms with van der Waals surface area (Å²) in [6, 6.07) is 0. The van der Waals surface area contributed by atoms with Gasteiger partial charge in [0.2, 0.25) is 11.8 Å². The molecule has 16 heavy (non-hydrogen) atoms. The van der Waals surface area contributed by atoms with Crippen molar-refractivity contribution in [2.45, 2.75) is 40.0 Å². The minimum Gasteiger partial charge on any atom is -0.282 e. The maximum absolute atomic E-state index is 12.1. The quantitative estimate of drug-likeness (QED) is 0.529. The third-order valence-electron chi connectivity index (χ3n) is 3.88. The van der Waals surface area contributed by atoms with Crippen LogP contribution in [-0.2, 0) is 9.59 Å². The molecule has 3 nitrogen and oxygen atoms in total. The van der Waals surface area contributed by atoms with Gasteiger partial charge in [0, 0.05) is 6.54 Å². The maximum Gasteiger partial charge on any atom is 0.233 e. The van der Waals surface area contributed by atoms with Gasteiger partial charge in [-0.3, -0.25) is 14.5 Å². The van der Waals surface area contributed by atoms with Crippen LogP contribution in [0.25, 0.3) is 0 Å². The predicted octanol–water partition coefficient (Wildman–Crippen LogP) is 2.13. The number of hydrogen-bond acceptors (Lipinski definition) is 2. The van der Waals surface area contributed by atoms with E-state index in [0.29, 0.717) is 6.54 Å². The van der Waals surface area contributed by atoms with Crippen molar-refractivity contribution in [3.63, 3.8) is 0 Å². The smallest absolute Gasteiger partial charge is 0.233 e. The van der Waals surface area contributed by atoms with E-state index in [9.17, 15) is 9.59 Å². The molecule has 0 aromatic carbocycles. The van der Waals surface area contributed by atoms with Crippen LogP contribution in [0.15, 0.2) is 11.1 Å². The van der Waals surface area contributed by atoms with E-state index < -0.39 is 0 Å². The lowest BCUT2D eigenvalue weighted by atomic mass is 9.78. The highest BCUT2D eigenvalue weighted by atomic mass is 16.2. The minimum absolute atomic E-state index is 0.0590. The normalized spacial score (nSPS) is 30.1. The van der Waals surface area contributed by atoms with E-state index in [-0.39, 0.29) is 23.7 Å². The summed E-state index contributed by atoms with van der Waals surface area (Å²) in [5.41, 5.74) is 2.58. The molecule has 0 aromatic heterocycles. The van der Waals surface area contributed by atoms with E-state index in [1.54, 1.807) is 0 Å². The molecular weight excluding hydrogens is 202 g/mol. The van der Waals surface area contributed by atoms with Crippen LogP contribution >= 0.6 is 0 Å². The first kappa shape index (κ1) is 11.4. The van der Waals surface area contributed by atoms with Gasteiger partial charge in [-0.2, -0.15) is 0 Å². The van der Waals surface area contributed by atoms with Crippen LogP contribution in [0.3, 0.4) is 0 Å². The lowest BCUT2D eigenvalue weighted by molar-refractivity contribution is -0.139. The summed E-state index contributed by atoms with van der Waals surface area (Å²) < 4.78 is 0. The summed E-state index contributed by atoms with van der Waals surface area (Å²) in [5, 5.41) is 0. The largest absolute Gasteiger partial charge is 0.282 e. The highest BCUT2D eigenvalue weighted by molar-refractivity contribution is 6.05. The van der Waals surface area contributed by atoms with Crippen molar-refractivity contribution in [2.75, 3.05) is 6.54 Å². The SMILES string of the molecule is CCCN1C(=O)[C@H]2CC(C)=C(C)C[C@H]2C1=O. The van der Waals surface area contributed by atoms with Crippen LogP contribution in [0.4, 0.5) is 0 Å². The predicted molar refractivity (Wildman–Crippen MR) is 61.6 cm³/mol. The second-order valence-electron chi connectivity index (χ2n) is 5.01. The van der Waals surface area contributed by atoms with Crippen LogP contribution in [0.5, 0.6) is 0 Å². The van der Waals surface area contributed by atoms with Gasteiger partial charge in [-0.25, -0.2) is 0 Å². The first-order valence-corrected chi connectivity index (χ1v) is 6.06. The standard InChI is InChI=1S/C13H19NO2/c1-4-5-14-12(15)10-6-8(2)9(3)7-11(10)13(14)16/h10-11H,4-7H2,1-3H3/t10-,11+. The van der Waals surface area contributed by atoms with Gasteiger partial charge < -0.3 is 0 Å². The third kappa shape index (κ3) is 1.58. The molecule has 0 unspecified atom stereocenters. The molecule has 88 valence electrons. The summed E-state index contributed by atoms with van der Waals surface area (Å²) in [6.07, 6.45) is 2.41. The summed E-state index contributed by atoms with van der Waals surface area (Å²) in [6.45, 7) is 6.73. The lowest BCUT2D eigenvalue weighted by Gasteiger charge is -2.23. The number of fused-ring (bicyclic) bond motifs is 1. The summed E-state index contributed by atoms with van der Waals surface area (Å²) in [7, 11) is 0. The minimum atomic E-state index is -0.0669. The second kappa shape index (κ2) is 4.04. The Labute approximate surface area is 96.5 Å². The molecule has 0 aromatic rings. The zero-order valence-electron chi connectivity index (χ0n) is 10.2. The molecule has 1 fully saturated rings. The topological polar surface area (TPSA) is 37.4 Å². The Morgan fingerprint density at radius 3 is 1.88 bits per heavy atom. The highest BCUT2D eigenvalue weighted by Gasteiger charge is 2.48. The zero-order chi connectivity index (χ0) is 11.9. The molecule has 0 radical (unpaired) electrons.